The highest BCUT2D eigenvalue weighted by Gasteiger charge is 2.22. The van der Waals surface area contributed by atoms with Gasteiger partial charge in [0.2, 0.25) is 0 Å². The molecule has 0 radical (unpaired) electrons. The maximum Gasteiger partial charge on any atom is 0.0830 e. The number of hydrogen-bond donors (Lipinski definition) is 2. The summed E-state index contributed by atoms with van der Waals surface area (Å²) in [5.41, 5.74) is 2.42. The standard InChI is InChI=1S/C16H25NO/c1-12(2)9-13-5-3-6-14(10-13)16(18)15-7-4-8-17-11-15/h3,5-6,10,12,15-18H,4,7-9,11H2,1-2H3. The molecule has 1 fully saturated rings. The average Bonchev–Trinajstić information content (AvgIpc) is 2.38. The molecule has 2 nitrogen and oxygen atoms in total. The minimum atomic E-state index is -0.315. The molecule has 0 saturated carbocycles. The zero-order valence-corrected chi connectivity index (χ0v) is 11.5. The van der Waals surface area contributed by atoms with Gasteiger partial charge in [-0.1, -0.05) is 38.1 Å². The Hall–Kier alpha value is -0.860. The van der Waals surface area contributed by atoms with Gasteiger partial charge in [-0.15, -0.1) is 0 Å². The Morgan fingerprint density at radius 3 is 2.89 bits per heavy atom. The predicted octanol–water partition coefficient (Wildman–Crippen LogP) is 2.92. The topological polar surface area (TPSA) is 32.3 Å². The summed E-state index contributed by atoms with van der Waals surface area (Å²) in [4.78, 5) is 0. The van der Waals surface area contributed by atoms with Crippen LogP contribution in [0.1, 0.15) is 43.9 Å². The zero-order chi connectivity index (χ0) is 13.0. The summed E-state index contributed by atoms with van der Waals surface area (Å²) >= 11 is 0. The van der Waals surface area contributed by atoms with E-state index in [0.717, 1.165) is 31.5 Å². The maximum atomic E-state index is 10.5. The molecule has 2 atom stereocenters. The summed E-state index contributed by atoms with van der Waals surface area (Å²) in [7, 11) is 0. The van der Waals surface area contributed by atoms with E-state index >= 15 is 0 Å². The largest absolute Gasteiger partial charge is 0.388 e. The fraction of sp³-hybridized carbons (Fsp3) is 0.625. The molecule has 1 aromatic carbocycles. The molecule has 2 unspecified atom stereocenters. The van der Waals surface area contributed by atoms with Crippen LogP contribution in [-0.4, -0.2) is 18.2 Å². The van der Waals surface area contributed by atoms with Crippen molar-refractivity contribution in [3.63, 3.8) is 0 Å². The first-order valence-electron chi connectivity index (χ1n) is 7.14. The molecule has 2 heteroatoms. The molecular formula is C16H25NO. The normalized spacial score (nSPS) is 22.1. The Kier molecular flexibility index (Phi) is 4.79. The molecule has 1 aliphatic rings. The lowest BCUT2D eigenvalue weighted by Crippen LogP contribution is -2.33. The molecule has 0 aliphatic carbocycles. The van der Waals surface area contributed by atoms with Crippen molar-refractivity contribution < 1.29 is 5.11 Å². The summed E-state index contributed by atoms with van der Waals surface area (Å²) < 4.78 is 0. The number of aliphatic hydroxyl groups excluding tert-OH is 1. The van der Waals surface area contributed by atoms with E-state index < -0.39 is 0 Å². The average molecular weight is 247 g/mol. The van der Waals surface area contributed by atoms with Crippen LogP contribution >= 0.6 is 0 Å². The Bertz CT molecular complexity index is 369. The van der Waals surface area contributed by atoms with Crippen LogP contribution in [0, 0.1) is 11.8 Å². The maximum absolute atomic E-state index is 10.5. The van der Waals surface area contributed by atoms with Crippen molar-refractivity contribution >= 4 is 0 Å². The fourth-order valence-electron chi connectivity index (χ4n) is 2.80. The van der Waals surface area contributed by atoms with Crippen LogP contribution in [-0.2, 0) is 6.42 Å². The van der Waals surface area contributed by atoms with Crippen molar-refractivity contribution in [3.05, 3.63) is 35.4 Å². The number of piperidine rings is 1. The lowest BCUT2D eigenvalue weighted by atomic mass is 9.88. The highest BCUT2D eigenvalue weighted by molar-refractivity contribution is 5.26. The van der Waals surface area contributed by atoms with Crippen molar-refractivity contribution in [2.45, 2.75) is 39.2 Å². The van der Waals surface area contributed by atoms with Crippen LogP contribution in [0.2, 0.25) is 0 Å². The first-order chi connectivity index (χ1) is 8.66. The molecule has 1 heterocycles. The van der Waals surface area contributed by atoms with Crippen LogP contribution in [0.5, 0.6) is 0 Å². The van der Waals surface area contributed by atoms with E-state index in [4.69, 9.17) is 0 Å². The second kappa shape index (κ2) is 6.35. The third-order valence-electron chi connectivity index (χ3n) is 3.72. The van der Waals surface area contributed by atoms with Gasteiger partial charge in [0, 0.05) is 12.5 Å². The quantitative estimate of drug-likeness (QED) is 0.857. The van der Waals surface area contributed by atoms with E-state index in [0.29, 0.717) is 11.8 Å². The number of aliphatic hydroxyl groups is 1. The van der Waals surface area contributed by atoms with Gasteiger partial charge in [0.25, 0.3) is 0 Å². The van der Waals surface area contributed by atoms with E-state index in [1.807, 2.05) is 0 Å². The Balaban J connectivity index is 2.06. The van der Waals surface area contributed by atoms with E-state index in [1.165, 1.54) is 12.0 Å². The van der Waals surface area contributed by atoms with Gasteiger partial charge in [-0.05, 0) is 42.9 Å². The Morgan fingerprint density at radius 2 is 2.22 bits per heavy atom. The molecule has 0 bridgehead atoms. The Labute approximate surface area is 110 Å². The van der Waals surface area contributed by atoms with Gasteiger partial charge in [-0.25, -0.2) is 0 Å². The molecule has 0 aromatic heterocycles. The lowest BCUT2D eigenvalue weighted by molar-refractivity contribution is 0.0921. The molecule has 2 N–H and O–H groups in total. The summed E-state index contributed by atoms with van der Waals surface area (Å²) in [6.07, 6.45) is 3.07. The number of benzene rings is 1. The van der Waals surface area contributed by atoms with Crippen LogP contribution in [0.4, 0.5) is 0 Å². The van der Waals surface area contributed by atoms with Crippen molar-refractivity contribution in [2.24, 2.45) is 11.8 Å². The lowest BCUT2D eigenvalue weighted by Gasteiger charge is -2.27. The predicted molar refractivity (Wildman–Crippen MR) is 75.5 cm³/mol. The summed E-state index contributed by atoms with van der Waals surface area (Å²) in [5.74, 6) is 1.03. The fourth-order valence-corrected chi connectivity index (χ4v) is 2.80. The summed E-state index contributed by atoms with van der Waals surface area (Å²) in [6, 6.07) is 8.48. The molecular weight excluding hydrogens is 222 g/mol. The number of hydrogen-bond acceptors (Lipinski definition) is 2. The van der Waals surface area contributed by atoms with Crippen LogP contribution < -0.4 is 5.32 Å². The molecule has 18 heavy (non-hydrogen) atoms. The van der Waals surface area contributed by atoms with Crippen molar-refractivity contribution in [1.82, 2.24) is 5.32 Å². The van der Waals surface area contributed by atoms with Crippen LogP contribution in [0.25, 0.3) is 0 Å². The molecule has 0 spiro atoms. The van der Waals surface area contributed by atoms with Gasteiger partial charge in [0.15, 0.2) is 0 Å². The minimum Gasteiger partial charge on any atom is -0.388 e. The number of nitrogens with one attached hydrogen (secondary N) is 1. The highest BCUT2D eigenvalue weighted by atomic mass is 16.3. The van der Waals surface area contributed by atoms with Gasteiger partial charge in [-0.2, -0.15) is 0 Å². The highest BCUT2D eigenvalue weighted by Crippen LogP contribution is 2.27. The van der Waals surface area contributed by atoms with Gasteiger partial charge in [0.1, 0.15) is 0 Å². The Morgan fingerprint density at radius 1 is 1.39 bits per heavy atom. The molecule has 1 aliphatic heterocycles. The molecule has 0 amide bonds. The SMILES string of the molecule is CC(C)Cc1cccc(C(O)C2CCCNC2)c1. The van der Waals surface area contributed by atoms with E-state index in [9.17, 15) is 5.11 Å². The third-order valence-corrected chi connectivity index (χ3v) is 3.72. The van der Waals surface area contributed by atoms with Gasteiger partial charge in [0.05, 0.1) is 6.10 Å². The third kappa shape index (κ3) is 3.56. The summed E-state index contributed by atoms with van der Waals surface area (Å²) in [6.45, 7) is 6.49. The van der Waals surface area contributed by atoms with Crippen LogP contribution in [0.15, 0.2) is 24.3 Å². The first kappa shape index (κ1) is 13.6. The van der Waals surface area contributed by atoms with Crippen molar-refractivity contribution in [3.8, 4) is 0 Å². The van der Waals surface area contributed by atoms with Gasteiger partial charge >= 0.3 is 0 Å². The molecule has 2 rings (SSSR count). The molecule has 1 saturated heterocycles. The summed E-state index contributed by atoms with van der Waals surface area (Å²) in [5, 5.41) is 13.8. The first-order valence-corrected chi connectivity index (χ1v) is 7.14. The molecule has 1 aromatic rings. The van der Waals surface area contributed by atoms with Gasteiger partial charge < -0.3 is 10.4 Å². The van der Waals surface area contributed by atoms with E-state index in [1.54, 1.807) is 0 Å². The zero-order valence-electron chi connectivity index (χ0n) is 11.5. The smallest absolute Gasteiger partial charge is 0.0830 e. The van der Waals surface area contributed by atoms with Gasteiger partial charge in [-0.3, -0.25) is 0 Å². The van der Waals surface area contributed by atoms with Crippen molar-refractivity contribution in [2.75, 3.05) is 13.1 Å². The molecule has 100 valence electrons. The second-order valence-electron chi connectivity index (χ2n) is 5.89. The van der Waals surface area contributed by atoms with E-state index in [2.05, 4.69) is 43.4 Å². The van der Waals surface area contributed by atoms with Crippen molar-refractivity contribution in [1.29, 1.82) is 0 Å². The monoisotopic (exact) mass is 247 g/mol. The second-order valence-corrected chi connectivity index (χ2v) is 5.89. The van der Waals surface area contributed by atoms with E-state index in [-0.39, 0.29) is 6.10 Å². The number of rotatable bonds is 4. The van der Waals surface area contributed by atoms with Crippen LogP contribution in [0.3, 0.4) is 0 Å². The minimum absolute atomic E-state index is 0.315.